The lowest BCUT2D eigenvalue weighted by Gasteiger charge is -2.26. The summed E-state index contributed by atoms with van der Waals surface area (Å²) in [5.74, 6) is -4.44. The molecule has 0 fully saturated rings. The van der Waals surface area contributed by atoms with Gasteiger partial charge in [0.1, 0.15) is 18.1 Å². The summed E-state index contributed by atoms with van der Waals surface area (Å²) in [6.45, 7) is 4.95. The predicted molar refractivity (Wildman–Crippen MR) is 129 cm³/mol. The monoisotopic (exact) mass is 493 g/mol. The molecule has 0 bridgehead atoms. The van der Waals surface area contributed by atoms with Crippen LogP contribution in [0.4, 0.5) is 0 Å². The molecule has 13 heteroatoms. The van der Waals surface area contributed by atoms with Crippen LogP contribution in [0.1, 0.15) is 39.2 Å². The summed E-state index contributed by atoms with van der Waals surface area (Å²) in [7, 11) is -1.92. The highest BCUT2D eigenvalue weighted by Gasteiger charge is 2.33. The highest BCUT2D eigenvalue weighted by molar-refractivity contribution is 6.43. The van der Waals surface area contributed by atoms with Crippen molar-refractivity contribution in [2.45, 2.75) is 70.2 Å². The molecule has 0 aliphatic rings. The van der Waals surface area contributed by atoms with Crippen molar-refractivity contribution in [3.05, 3.63) is 35.9 Å². The molecule has 1 aromatic carbocycles. The Morgan fingerprint density at radius 1 is 0.914 bits per heavy atom. The molecule has 0 aromatic heterocycles. The molecule has 0 saturated heterocycles. The molecule has 35 heavy (non-hydrogen) atoms. The fourth-order valence-electron chi connectivity index (χ4n) is 3.26. The van der Waals surface area contributed by atoms with Gasteiger partial charge in [0.2, 0.25) is 23.6 Å². The van der Waals surface area contributed by atoms with Crippen LogP contribution in [0.15, 0.2) is 30.3 Å². The third-order valence-electron chi connectivity index (χ3n) is 5.19. The molecule has 194 valence electrons. The van der Waals surface area contributed by atoms with E-state index in [1.54, 1.807) is 30.3 Å². The minimum atomic E-state index is -1.92. The first-order valence-electron chi connectivity index (χ1n) is 11.3. The number of nitrogens with two attached hydrogens (primary N) is 2. The summed E-state index contributed by atoms with van der Waals surface area (Å²) >= 11 is 0. The number of aliphatic hydroxyl groups excluding tert-OH is 1. The third-order valence-corrected chi connectivity index (χ3v) is 5.19. The van der Waals surface area contributed by atoms with Crippen LogP contribution < -0.4 is 27.4 Å². The van der Waals surface area contributed by atoms with Crippen LogP contribution in [0.5, 0.6) is 0 Å². The van der Waals surface area contributed by atoms with Crippen LogP contribution >= 0.6 is 0 Å². The molecule has 0 saturated carbocycles. The number of hydrogen-bond acceptors (Lipinski definition) is 8. The van der Waals surface area contributed by atoms with Gasteiger partial charge in [-0.1, -0.05) is 44.2 Å². The summed E-state index contributed by atoms with van der Waals surface area (Å²) in [5, 5.41) is 36.3. The zero-order chi connectivity index (χ0) is 26.7. The van der Waals surface area contributed by atoms with E-state index < -0.39 is 67.3 Å². The highest BCUT2D eigenvalue weighted by Crippen LogP contribution is 2.08. The summed E-state index contributed by atoms with van der Waals surface area (Å²) < 4.78 is 0. The lowest BCUT2D eigenvalue weighted by molar-refractivity contribution is -0.134. The summed E-state index contributed by atoms with van der Waals surface area (Å²) in [4.78, 5) is 49.7. The van der Waals surface area contributed by atoms with Crippen molar-refractivity contribution in [3.8, 4) is 0 Å². The van der Waals surface area contributed by atoms with Gasteiger partial charge < -0.3 is 42.6 Å². The maximum Gasteiger partial charge on any atom is 0.475 e. The number of benzene rings is 1. The van der Waals surface area contributed by atoms with Crippen molar-refractivity contribution >= 4 is 30.7 Å². The maximum absolute atomic E-state index is 13.0. The van der Waals surface area contributed by atoms with Crippen molar-refractivity contribution in [1.82, 2.24) is 16.0 Å². The molecule has 0 aliphatic carbocycles. The van der Waals surface area contributed by atoms with E-state index in [2.05, 4.69) is 16.0 Å². The van der Waals surface area contributed by atoms with Crippen LogP contribution in [0.25, 0.3) is 0 Å². The molecule has 1 rings (SSSR count). The number of nitrogens with one attached hydrogen (secondary N) is 3. The van der Waals surface area contributed by atoms with Gasteiger partial charge >= 0.3 is 7.12 Å². The smallest absolute Gasteiger partial charge is 0.426 e. The topological polar surface area (TPSA) is 217 Å². The van der Waals surface area contributed by atoms with E-state index in [0.29, 0.717) is 0 Å². The first-order chi connectivity index (χ1) is 16.3. The summed E-state index contributed by atoms with van der Waals surface area (Å²) in [6.07, 6.45) is -1.46. The molecule has 12 nitrogen and oxygen atoms in total. The lowest BCUT2D eigenvalue weighted by atomic mass is 9.75. The zero-order valence-electron chi connectivity index (χ0n) is 20.2. The van der Waals surface area contributed by atoms with Crippen LogP contribution in [-0.4, -0.2) is 76.1 Å². The molecular weight excluding hydrogens is 457 g/mol. The van der Waals surface area contributed by atoms with E-state index in [1.807, 2.05) is 13.8 Å². The fraction of sp³-hybridized carbons (Fsp3) is 0.545. The van der Waals surface area contributed by atoms with Crippen LogP contribution in [0.2, 0.25) is 0 Å². The number of carbonyl (C=O) groups is 4. The Bertz CT molecular complexity index is 854. The molecule has 0 aliphatic heterocycles. The van der Waals surface area contributed by atoms with Gasteiger partial charge in [0.25, 0.3) is 0 Å². The minimum absolute atomic E-state index is 0.0444. The van der Waals surface area contributed by atoms with E-state index in [-0.39, 0.29) is 18.8 Å². The van der Waals surface area contributed by atoms with E-state index in [0.717, 1.165) is 5.56 Å². The van der Waals surface area contributed by atoms with Crippen molar-refractivity contribution in [2.24, 2.45) is 17.4 Å². The van der Waals surface area contributed by atoms with Crippen LogP contribution in [0.3, 0.4) is 0 Å². The number of hydrogen-bond donors (Lipinski definition) is 8. The average molecular weight is 493 g/mol. The lowest BCUT2D eigenvalue weighted by Crippen LogP contribution is -2.59. The van der Waals surface area contributed by atoms with Gasteiger partial charge in [0, 0.05) is 0 Å². The maximum atomic E-state index is 13.0. The highest BCUT2D eigenvalue weighted by atomic mass is 16.4. The van der Waals surface area contributed by atoms with Crippen LogP contribution in [-0.2, 0) is 25.6 Å². The summed E-state index contributed by atoms with van der Waals surface area (Å²) in [6, 6.07) is 4.94. The quantitative estimate of drug-likeness (QED) is 0.127. The molecular formula is C22H36BN5O7. The van der Waals surface area contributed by atoms with Crippen LogP contribution in [0, 0.1) is 5.92 Å². The predicted octanol–water partition coefficient (Wildman–Crippen LogP) is -2.67. The molecule has 5 atom stereocenters. The molecule has 0 spiro atoms. The van der Waals surface area contributed by atoms with Crippen molar-refractivity contribution < 1.29 is 34.3 Å². The second-order valence-corrected chi connectivity index (χ2v) is 8.91. The SMILES string of the molecule is CC(C)C[C@H](NC(=O)[C@@H](N)[C@@H](C)O)C(=O)N[C@@H](CC(N)=O)C(=O)N[C@@H](Cc1ccccc1)B(O)O. The van der Waals surface area contributed by atoms with E-state index >= 15 is 0 Å². The van der Waals surface area contributed by atoms with Crippen molar-refractivity contribution in [1.29, 1.82) is 0 Å². The van der Waals surface area contributed by atoms with E-state index in [1.165, 1.54) is 6.92 Å². The largest absolute Gasteiger partial charge is 0.475 e. The first kappa shape index (κ1) is 30.0. The molecule has 0 radical (unpaired) electrons. The Hall–Kier alpha value is -3.00. The van der Waals surface area contributed by atoms with Gasteiger partial charge in [0.15, 0.2) is 0 Å². The van der Waals surface area contributed by atoms with Gasteiger partial charge in [-0.15, -0.1) is 0 Å². The number of carbonyl (C=O) groups excluding carboxylic acids is 4. The zero-order valence-corrected chi connectivity index (χ0v) is 20.2. The minimum Gasteiger partial charge on any atom is -0.426 e. The van der Waals surface area contributed by atoms with Crippen molar-refractivity contribution in [2.75, 3.05) is 0 Å². The molecule has 10 N–H and O–H groups in total. The molecule has 1 aromatic rings. The number of rotatable bonds is 14. The Balaban J connectivity index is 3.01. The van der Waals surface area contributed by atoms with Gasteiger partial charge in [-0.05, 0) is 31.2 Å². The van der Waals surface area contributed by atoms with Gasteiger partial charge in [-0.3, -0.25) is 19.2 Å². The average Bonchev–Trinajstić information content (AvgIpc) is 2.76. The molecule has 4 amide bonds. The molecule has 0 heterocycles. The number of aliphatic hydroxyl groups is 1. The fourth-order valence-corrected chi connectivity index (χ4v) is 3.26. The van der Waals surface area contributed by atoms with E-state index in [9.17, 15) is 34.3 Å². The number of amides is 4. The normalized spacial score (nSPS) is 15.3. The Kier molecular flexibility index (Phi) is 12.4. The van der Waals surface area contributed by atoms with Gasteiger partial charge in [-0.2, -0.15) is 0 Å². The Morgan fingerprint density at radius 2 is 1.46 bits per heavy atom. The second-order valence-electron chi connectivity index (χ2n) is 8.91. The standard InChI is InChI=1S/C22H36BN5O7/c1-12(2)9-15(27-22(33)19(25)13(3)29)20(31)26-16(11-18(24)30)21(32)28-17(23(34)35)10-14-7-5-4-6-8-14/h4-8,12-13,15-17,19,29,34-35H,9-11,25H2,1-3H3,(H2,24,30)(H,26,31)(H,27,33)(H,28,32)/t13-,15+,16+,17+,19+/m1/s1. The summed E-state index contributed by atoms with van der Waals surface area (Å²) in [5.41, 5.74) is 11.6. The first-order valence-corrected chi connectivity index (χ1v) is 11.3. The van der Waals surface area contributed by atoms with Crippen molar-refractivity contribution in [3.63, 3.8) is 0 Å². The van der Waals surface area contributed by atoms with Gasteiger partial charge in [0.05, 0.1) is 18.5 Å². The van der Waals surface area contributed by atoms with Gasteiger partial charge in [-0.25, -0.2) is 0 Å². The number of primary amides is 1. The van der Waals surface area contributed by atoms with E-state index in [4.69, 9.17) is 11.5 Å². The third kappa shape index (κ3) is 10.9. The Labute approximate surface area is 205 Å². The second kappa shape index (κ2) is 14.4. The Morgan fingerprint density at radius 3 is 1.94 bits per heavy atom. The molecule has 0 unspecified atom stereocenters.